The Bertz CT molecular complexity index is 691. The molecule has 2 fully saturated rings. The van der Waals surface area contributed by atoms with Crippen LogP contribution in [-0.2, 0) is 20.5 Å². The maximum absolute atomic E-state index is 12.7. The maximum atomic E-state index is 12.7. The standard InChI is InChI=1S/C20H24F3NO3/c1-27-18(26)19(10-4-2-3-5-11-19)24-17(25)16-12-15(16)13-6-8-14(9-7-13)20(21,22)23/h6-9,15-16H,2-5,10-12H2,1H3,(H,24,25). The molecule has 1 amide bonds. The fourth-order valence-electron chi connectivity index (χ4n) is 4.01. The summed E-state index contributed by atoms with van der Waals surface area (Å²) in [6, 6.07) is 4.96. The largest absolute Gasteiger partial charge is 0.467 e. The number of nitrogens with one attached hydrogen (secondary N) is 1. The summed E-state index contributed by atoms with van der Waals surface area (Å²) in [6.07, 6.45) is 1.06. The van der Waals surface area contributed by atoms with Crippen LogP contribution in [0, 0.1) is 5.92 Å². The van der Waals surface area contributed by atoms with Gasteiger partial charge in [0.05, 0.1) is 12.7 Å². The van der Waals surface area contributed by atoms with Crippen molar-refractivity contribution in [2.75, 3.05) is 7.11 Å². The Hall–Kier alpha value is -2.05. The van der Waals surface area contributed by atoms with Crippen LogP contribution < -0.4 is 5.32 Å². The molecule has 1 N–H and O–H groups in total. The van der Waals surface area contributed by atoms with Gasteiger partial charge in [0.15, 0.2) is 0 Å². The summed E-state index contributed by atoms with van der Waals surface area (Å²) in [5, 5.41) is 2.93. The molecule has 0 heterocycles. The van der Waals surface area contributed by atoms with E-state index >= 15 is 0 Å². The van der Waals surface area contributed by atoms with Gasteiger partial charge in [0.2, 0.25) is 5.91 Å². The van der Waals surface area contributed by atoms with E-state index in [-0.39, 0.29) is 17.7 Å². The van der Waals surface area contributed by atoms with Crippen molar-refractivity contribution in [3.63, 3.8) is 0 Å². The third kappa shape index (κ3) is 4.28. The number of ether oxygens (including phenoxy) is 1. The lowest BCUT2D eigenvalue weighted by molar-refractivity contribution is -0.152. The Morgan fingerprint density at radius 3 is 2.19 bits per heavy atom. The van der Waals surface area contributed by atoms with E-state index in [2.05, 4.69) is 5.32 Å². The highest BCUT2D eigenvalue weighted by molar-refractivity contribution is 5.90. The molecule has 1 aromatic rings. The zero-order chi connectivity index (χ0) is 19.7. The quantitative estimate of drug-likeness (QED) is 0.627. The molecule has 2 atom stereocenters. The fraction of sp³-hybridized carbons (Fsp3) is 0.600. The van der Waals surface area contributed by atoms with E-state index in [4.69, 9.17) is 4.74 Å². The Labute approximate surface area is 156 Å². The zero-order valence-electron chi connectivity index (χ0n) is 15.3. The minimum atomic E-state index is -4.37. The molecule has 0 bridgehead atoms. The predicted molar refractivity (Wildman–Crippen MR) is 92.9 cm³/mol. The molecule has 0 spiro atoms. The molecule has 3 rings (SSSR count). The van der Waals surface area contributed by atoms with E-state index in [1.807, 2.05) is 0 Å². The van der Waals surface area contributed by atoms with E-state index < -0.39 is 23.2 Å². The summed E-state index contributed by atoms with van der Waals surface area (Å²) in [6.45, 7) is 0. The van der Waals surface area contributed by atoms with E-state index in [0.717, 1.165) is 43.4 Å². The number of amides is 1. The van der Waals surface area contributed by atoms with Gasteiger partial charge in [0, 0.05) is 5.92 Å². The van der Waals surface area contributed by atoms with Gasteiger partial charge in [-0.2, -0.15) is 13.2 Å². The van der Waals surface area contributed by atoms with Gasteiger partial charge in [0.1, 0.15) is 5.54 Å². The van der Waals surface area contributed by atoms with Crippen LogP contribution in [-0.4, -0.2) is 24.5 Å². The summed E-state index contributed by atoms with van der Waals surface area (Å²) in [7, 11) is 1.32. The second kappa shape index (κ2) is 7.52. The van der Waals surface area contributed by atoms with Gasteiger partial charge in [-0.3, -0.25) is 4.79 Å². The molecular formula is C20H24F3NO3. The van der Waals surface area contributed by atoms with Crippen LogP contribution in [0.5, 0.6) is 0 Å². The number of rotatable bonds is 4. The molecule has 1 aromatic carbocycles. The summed E-state index contributed by atoms with van der Waals surface area (Å²) in [5.41, 5.74) is -0.956. The third-order valence-corrected chi connectivity index (χ3v) is 5.69. The molecule has 0 aliphatic heterocycles. The van der Waals surface area contributed by atoms with Gasteiger partial charge in [-0.15, -0.1) is 0 Å². The Kier molecular flexibility index (Phi) is 5.49. The molecule has 27 heavy (non-hydrogen) atoms. The number of hydrogen-bond donors (Lipinski definition) is 1. The van der Waals surface area contributed by atoms with Crippen LogP contribution in [0.2, 0.25) is 0 Å². The third-order valence-electron chi connectivity index (χ3n) is 5.69. The molecule has 148 valence electrons. The lowest BCUT2D eigenvalue weighted by Gasteiger charge is -2.31. The monoisotopic (exact) mass is 383 g/mol. The highest BCUT2D eigenvalue weighted by Crippen LogP contribution is 2.48. The molecule has 2 unspecified atom stereocenters. The fourth-order valence-corrected chi connectivity index (χ4v) is 4.01. The SMILES string of the molecule is COC(=O)C1(NC(=O)C2CC2c2ccc(C(F)(F)F)cc2)CCCCCC1. The number of carbonyl (C=O) groups excluding carboxylic acids is 2. The Morgan fingerprint density at radius 1 is 1.07 bits per heavy atom. The molecule has 2 aliphatic carbocycles. The molecular weight excluding hydrogens is 359 g/mol. The topological polar surface area (TPSA) is 55.4 Å². The highest BCUT2D eigenvalue weighted by Gasteiger charge is 2.49. The number of carbonyl (C=O) groups is 2. The van der Waals surface area contributed by atoms with Crippen LogP contribution in [0.25, 0.3) is 0 Å². The first-order chi connectivity index (χ1) is 12.8. The molecule has 2 aliphatic rings. The number of halogens is 3. The van der Waals surface area contributed by atoms with Crippen molar-refractivity contribution < 1.29 is 27.5 Å². The van der Waals surface area contributed by atoms with E-state index in [1.165, 1.54) is 19.2 Å². The smallest absolute Gasteiger partial charge is 0.416 e. The number of methoxy groups -OCH3 is 1. The van der Waals surface area contributed by atoms with Crippen LogP contribution in [0.3, 0.4) is 0 Å². The highest BCUT2D eigenvalue weighted by atomic mass is 19.4. The maximum Gasteiger partial charge on any atom is 0.416 e. The first-order valence-corrected chi connectivity index (χ1v) is 9.34. The number of esters is 1. The molecule has 2 saturated carbocycles. The second-order valence-electron chi connectivity index (χ2n) is 7.55. The Balaban J connectivity index is 1.67. The number of benzene rings is 1. The van der Waals surface area contributed by atoms with E-state index in [1.54, 1.807) is 0 Å². The lowest BCUT2D eigenvalue weighted by atomic mass is 9.89. The van der Waals surface area contributed by atoms with Crippen LogP contribution in [0.4, 0.5) is 13.2 Å². The predicted octanol–water partition coefficient (Wildman–Crippen LogP) is 4.19. The van der Waals surface area contributed by atoms with Crippen LogP contribution in [0.15, 0.2) is 24.3 Å². The Morgan fingerprint density at radius 2 is 1.67 bits per heavy atom. The van der Waals surface area contributed by atoms with Gasteiger partial charge in [-0.25, -0.2) is 4.79 Å². The molecule has 0 saturated heterocycles. The average Bonchev–Trinajstić information content (AvgIpc) is 3.45. The average molecular weight is 383 g/mol. The van der Waals surface area contributed by atoms with Crippen molar-refractivity contribution in [1.82, 2.24) is 5.32 Å². The van der Waals surface area contributed by atoms with Gasteiger partial charge in [0.25, 0.3) is 0 Å². The summed E-state index contributed by atoms with van der Waals surface area (Å²) < 4.78 is 43.0. The first kappa shape index (κ1) is 19.7. The summed E-state index contributed by atoms with van der Waals surface area (Å²) in [4.78, 5) is 25.1. The van der Waals surface area contributed by atoms with Crippen molar-refractivity contribution in [2.45, 2.75) is 62.6 Å². The molecule has 7 heteroatoms. The van der Waals surface area contributed by atoms with E-state index in [0.29, 0.717) is 19.3 Å². The minimum absolute atomic E-state index is 0.104. The van der Waals surface area contributed by atoms with Gasteiger partial charge in [-0.05, 0) is 42.9 Å². The van der Waals surface area contributed by atoms with Gasteiger partial charge >= 0.3 is 12.1 Å². The molecule has 4 nitrogen and oxygen atoms in total. The first-order valence-electron chi connectivity index (χ1n) is 9.34. The van der Waals surface area contributed by atoms with Crippen LogP contribution in [0.1, 0.15) is 62.0 Å². The van der Waals surface area contributed by atoms with Crippen molar-refractivity contribution in [2.24, 2.45) is 5.92 Å². The zero-order valence-corrected chi connectivity index (χ0v) is 15.3. The van der Waals surface area contributed by atoms with Crippen molar-refractivity contribution >= 4 is 11.9 Å². The normalized spacial score (nSPS) is 24.6. The number of alkyl halides is 3. The second-order valence-corrected chi connectivity index (χ2v) is 7.55. The molecule has 0 aromatic heterocycles. The summed E-state index contributed by atoms with van der Waals surface area (Å²) >= 11 is 0. The van der Waals surface area contributed by atoms with E-state index in [9.17, 15) is 22.8 Å². The van der Waals surface area contributed by atoms with Crippen molar-refractivity contribution in [3.05, 3.63) is 35.4 Å². The lowest BCUT2D eigenvalue weighted by Crippen LogP contribution is -2.55. The van der Waals surface area contributed by atoms with Crippen molar-refractivity contribution in [1.29, 1.82) is 0 Å². The van der Waals surface area contributed by atoms with Crippen LogP contribution >= 0.6 is 0 Å². The van der Waals surface area contributed by atoms with Crippen molar-refractivity contribution in [3.8, 4) is 0 Å². The molecule has 0 radical (unpaired) electrons. The van der Waals surface area contributed by atoms with Gasteiger partial charge < -0.3 is 10.1 Å². The van der Waals surface area contributed by atoms with Gasteiger partial charge in [-0.1, -0.05) is 37.8 Å². The minimum Gasteiger partial charge on any atom is -0.467 e. The summed E-state index contributed by atoms with van der Waals surface area (Å²) in [5.74, 6) is -1.05. The number of hydrogen-bond acceptors (Lipinski definition) is 3.